The van der Waals surface area contributed by atoms with Gasteiger partial charge in [0.1, 0.15) is 0 Å². The third-order valence-electron chi connectivity index (χ3n) is 4.35. The second-order valence-corrected chi connectivity index (χ2v) is 5.65. The second-order valence-electron chi connectivity index (χ2n) is 5.65. The molecule has 1 aromatic carbocycles. The molecule has 0 amide bonds. The highest BCUT2D eigenvalue weighted by atomic mass is 16.1. The number of carbonyl (C=O) groups is 1. The first-order valence-electron chi connectivity index (χ1n) is 6.95. The molecule has 2 rings (SSSR count). The first-order valence-corrected chi connectivity index (χ1v) is 6.95. The normalized spacial score (nSPS) is 27.8. The Morgan fingerprint density at radius 1 is 1.17 bits per heavy atom. The van der Waals surface area contributed by atoms with Gasteiger partial charge in [-0.15, -0.1) is 0 Å². The molecule has 0 aromatic heterocycles. The summed E-state index contributed by atoms with van der Waals surface area (Å²) in [6.07, 6.45) is 3.91. The minimum atomic E-state index is 0.126. The van der Waals surface area contributed by atoms with E-state index in [9.17, 15) is 4.79 Å². The zero-order valence-electron chi connectivity index (χ0n) is 11.6. The van der Waals surface area contributed by atoms with Crippen molar-refractivity contribution in [2.24, 2.45) is 11.8 Å². The zero-order valence-corrected chi connectivity index (χ0v) is 11.6. The number of Topliss-reactive ketones (excluding diaryl/α,β-unsaturated/α-hetero) is 1. The highest BCUT2D eigenvalue weighted by Crippen LogP contribution is 2.31. The van der Waals surface area contributed by atoms with Crippen LogP contribution in [0.3, 0.4) is 0 Å². The van der Waals surface area contributed by atoms with Crippen molar-refractivity contribution in [1.82, 2.24) is 0 Å². The maximum absolute atomic E-state index is 11.2. The van der Waals surface area contributed by atoms with E-state index in [1.165, 1.54) is 19.3 Å². The van der Waals surface area contributed by atoms with E-state index in [1.54, 1.807) is 6.92 Å². The van der Waals surface area contributed by atoms with Gasteiger partial charge in [-0.1, -0.05) is 26.7 Å². The van der Waals surface area contributed by atoms with Crippen molar-refractivity contribution in [3.63, 3.8) is 0 Å². The van der Waals surface area contributed by atoms with Gasteiger partial charge >= 0.3 is 0 Å². The molecule has 0 spiro atoms. The summed E-state index contributed by atoms with van der Waals surface area (Å²) >= 11 is 0. The predicted octanol–water partition coefficient (Wildman–Crippen LogP) is 4.13. The van der Waals surface area contributed by atoms with Crippen LogP contribution in [0, 0.1) is 11.8 Å². The molecule has 1 aliphatic carbocycles. The van der Waals surface area contributed by atoms with Crippen LogP contribution in [-0.2, 0) is 0 Å². The van der Waals surface area contributed by atoms with E-state index in [1.807, 2.05) is 24.3 Å². The van der Waals surface area contributed by atoms with Crippen LogP contribution in [0.4, 0.5) is 5.69 Å². The molecule has 3 unspecified atom stereocenters. The van der Waals surface area contributed by atoms with Crippen LogP contribution in [0.15, 0.2) is 24.3 Å². The molecule has 1 fully saturated rings. The number of hydrogen-bond donors (Lipinski definition) is 1. The highest BCUT2D eigenvalue weighted by molar-refractivity contribution is 5.94. The molecule has 0 heterocycles. The van der Waals surface area contributed by atoms with Gasteiger partial charge in [0.25, 0.3) is 0 Å². The van der Waals surface area contributed by atoms with Crippen LogP contribution < -0.4 is 5.32 Å². The van der Waals surface area contributed by atoms with E-state index in [-0.39, 0.29) is 5.78 Å². The van der Waals surface area contributed by atoms with Crippen molar-refractivity contribution in [3.8, 4) is 0 Å². The molecule has 0 saturated heterocycles. The molecule has 0 bridgehead atoms. The average molecular weight is 245 g/mol. The number of rotatable bonds is 3. The summed E-state index contributed by atoms with van der Waals surface area (Å²) in [6.45, 7) is 6.29. The van der Waals surface area contributed by atoms with Crippen molar-refractivity contribution in [2.75, 3.05) is 5.32 Å². The van der Waals surface area contributed by atoms with Gasteiger partial charge in [-0.3, -0.25) is 4.79 Å². The maximum Gasteiger partial charge on any atom is 0.159 e. The lowest BCUT2D eigenvalue weighted by Crippen LogP contribution is -2.34. The number of nitrogens with one attached hydrogen (secondary N) is 1. The Morgan fingerprint density at radius 3 is 2.44 bits per heavy atom. The van der Waals surface area contributed by atoms with E-state index < -0.39 is 0 Å². The van der Waals surface area contributed by atoms with E-state index in [0.29, 0.717) is 12.0 Å². The van der Waals surface area contributed by atoms with Gasteiger partial charge in [0.15, 0.2) is 5.78 Å². The SMILES string of the molecule is CC(=O)c1ccc(NC2CCCC(C)C2C)cc1. The van der Waals surface area contributed by atoms with Crippen molar-refractivity contribution in [3.05, 3.63) is 29.8 Å². The Labute approximate surface area is 110 Å². The molecule has 3 atom stereocenters. The summed E-state index contributed by atoms with van der Waals surface area (Å²) in [5.41, 5.74) is 1.91. The number of carbonyl (C=O) groups excluding carboxylic acids is 1. The molecular weight excluding hydrogens is 222 g/mol. The first-order chi connectivity index (χ1) is 8.58. The van der Waals surface area contributed by atoms with E-state index in [2.05, 4.69) is 19.2 Å². The topological polar surface area (TPSA) is 29.1 Å². The molecule has 18 heavy (non-hydrogen) atoms. The van der Waals surface area contributed by atoms with Crippen LogP contribution >= 0.6 is 0 Å². The summed E-state index contributed by atoms with van der Waals surface area (Å²) in [5.74, 6) is 1.64. The van der Waals surface area contributed by atoms with Crippen LogP contribution in [0.2, 0.25) is 0 Å². The second kappa shape index (κ2) is 5.55. The Bertz CT molecular complexity index is 410. The lowest BCUT2D eigenvalue weighted by Gasteiger charge is -2.35. The van der Waals surface area contributed by atoms with E-state index in [4.69, 9.17) is 0 Å². The molecule has 1 N–H and O–H groups in total. The Balaban J connectivity index is 2.02. The van der Waals surface area contributed by atoms with Crippen molar-refractivity contribution in [2.45, 2.75) is 46.1 Å². The number of benzene rings is 1. The largest absolute Gasteiger partial charge is 0.382 e. The van der Waals surface area contributed by atoms with Crippen LogP contribution in [-0.4, -0.2) is 11.8 Å². The smallest absolute Gasteiger partial charge is 0.159 e. The third kappa shape index (κ3) is 2.92. The third-order valence-corrected chi connectivity index (χ3v) is 4.35. The molecule has 0 aliphatic heterocycles. The summed E-state index contributed by atoms with van der Waals surface area (Å²) in [6, 6.07) is 8.41. The number of anilines is 1. The minimum absolute atomic E-state index is 0.126. The zero-order chi connectivity index (χ0) is 13.1. The van der Waals surface area contributed by atoms with Crippen molar-refractivity contribution in [1.29, 1.82) is 0 Å². The molecular formula is C16H23NO. The van der Waals surface area contributed by atoms with E-state index in [0.717, 1.165) is 17.2 Å². The standard InChI is InChI=1S/C16H23NO/c1-11-5-4-6-16(12(11)2)17-15-9-7-14(8-10-15)13(3)18/h7-12,16-17H,4-6H2,1-3H3. The molecule has 2 heteroatoms. The molecule has 98 valence electrons. The molecule has 1 aliphatic rings. The quantitative estimate of drug-likeness (QED) is 0.811. The van der Waals surface area contributed by atoms with Crippen molar-refractivity contribution < 1.29 is 4.79 Å². The van der Waals surface area contributed by atoms with Gasteiger partial charge in [0.2, 0.25) is 0 Å². The van der Waals surface area contributed by atoms with Gasteiger partial charge in [0.05, 0.1) is 0 Å². The summed E-state index contributed by atoms with van der Waals surface area (Å²) in [5, 5.41) is 3.62. The molecule has 0 radical (unpaired) electrons. The average Bonchev–Trinajstić information content (AvgIpc) is 2.36. The summed E-state index contributed by atoms with van der Waals surface area (Å²) < 4.78 is 0. The predicted molar refractivity (Wildman–Crippen MR) is 76.0 cm³/mol. The Hall–Kier alpha value is -1.31. The summed E-state index contributed by atoms with van der Waals surface area (Å²) in [4.78, 5) is 11.2. The van der Waals surface area contributed by atoms with Gasteiger partial charge in [0, 0.05) is 17.3 Å². The van der Waals surface area contributed by atoms with Crippen LogP contribution in [0.5, 0.6) is 0 Å². The maximum atomic E-state index is 11.2. The van der Waals surface area contributed by atoms with Crippen LogP contribution in [0.1, 0.15) is 50.4 Å². The highest BCUT2D eigenvalue weighted by Gasteiger charge is 2.26. The van der Waals surface area contributed by atoms with Crippen LogP contribution in [0.25, 0.3) is 0 Å². The van der Waals surface area contributed by atoms with Gasteiger partial charge in [-0.05, 0) is 49.4 Å². The van der Waals surface area contributed by atoms with Crippen molar-refractivity contribution >= 4 is 11.5 Å². The van der Waals surface area contributed by atoms with Gasteiger partial charge in [-0.25, -0.2) is 0 Å². The lowest BCUT2D eigenvalue weighted by molar-refractivity contribution is 0.101. The number of ketones is 1. The molecule has 2 nitrogen and oxygen atoms in total. The monoisotopic (exact) mass is 245 g/mol. The fourth-order valence-corrected chi connectivity index (χ4v) is 2.80. The Morgan fingerprint density at radius 2 is 1.83 bits per heavy atom. The Kier molecular flexibility index (Phi) is 4.05. The molecule has 1 aromatic rings. The van der Waals surface area contributed by atoms with E-state index >= 15 is 0 Å². The summed E-state index contributed by atoms with van der Waals surface area (Å²) in [7, 11) is 0. The first kappa shape index (κ1) is 13.1. The van der Waals surface area contributed by atoms with Gasteiger partial charge < -0.3 is 5.32 Å². The lowest BCUT2D eigenvalue weighted by atomic mass is 9.78. The fraction of sp³-hybridized carbons (Fsp3) is 0.562. The minimum Gasteiger partial charge on any atom is -0.382 e. The number of hydrogen-bond acceptors (Lipinski definition) is 2. The van der Waals surface area contributed by atoms with Gasteiger partial charge in [-0.2, -0.15) is 0 Å². The molecule has 1 saturated carbocycles. The fourth-order valence-electron chi connectivity index (χ4n) is 2.80.